The van der Waals surface area contributed by atoms with Crippen LogP contribution in [0.5, 0.6) is 0 Å². The van der Waals surface area contributed by atoms with E-state index in [4.69, 9.17) is 0 Å². The van der Waals surface area contributed by atoms with Crippen molar-refractivity contribution in [3.05, 3.63) is 257 Å². The molecule has 3 heteroatoms. The summed E-state index contributed by atoms with van der Waals surface area (Å²) >= 11 is 3.78. The van der Waals surface area contributed by atoms with Gasteiger partial charge in [-0.05, 0) is 127 Å². The van der Waals surface area contributed by atoms with Gasteiger partial charge >= 0.3 is 0 Å². The van der Waals surface area contributed by atoms with Gasteiger partial charge in [0, 0.05) is 36.6 Å². The van der Waals surface area contributed by atoms with Gasteiger partial charge in [0.15, 0.2) is 0 Å². The Morgan fingerprint density at radius 3 is 0.983 bits per heavy atom. The molecular weight excluding hydrogens is 751 g/mol. The summed E-state index contributed by atoms with van der Waals surface area (Å²) in [7, 11) is 0. The summed E-state index contributed by atoms with van der Waals surface area (Å²) in [5.41, 5.74) is 18.6. The highest BCUT2D eigenvalue weighted by atomic mass is 32.2. The lowest BCUT2D eigenvalue weighted by molar-refractivity contribution is 0.722. The van der Waals surface area contributed by atoms with Gasteiger partial charge in [-0.2, -0.15) is 0 Å². The lowest BCUT2D eigenvalue weighted by atomic mass is 9.67. The monoisotopic (exact) mass is 785 g/mol. The summed E-state index contributed by atoms with van der Waals surface area (Å²) in [4.78, 5) is 7.74. The SMILES string of the molecule is c1ccc(N(c2ccc3c(c2)-c2ccccc2C32c3ccccc3Sc3ccccc32)c2ccc3c(c2)-c2ccccc2C32c3ccccc3Sc3ccccc32)cc1. The van der Waals surface area contributed by atoms with E-state index in [9.17, 15) is 0 Å². The third-order valence-corrected chi connectivity index (χ3v) is 15.5. The Bertz CT molecular complexity index is 2910. The molecule has 9 aromatic carbocycles. The second kappa shape index (κ2) is 12.5. The fourth-order valence-electron chi connectivity index (χ4n) is 11.0. The summed E-state index contributed by atoms with van der Waals surface area (Å²) in [5, 5.41) is 0. The molecule has 0 saturated heterocycles. The highest BCUT2D eigenvalue weighted by molar-refractivity contribution is 7.99. The van der Waals surface area contributed by atoms with E-state index < -0.39 is 10.8 Å². The Balaban J connectivity index is 1.04. The smallest absolute Gasteiger partial charge is 0.0735 e. The van der Waals surface area contributed by atoms with Gasteiger partial charge in [-0.15, -0.1) is 0 Å². The number of anilines is 3. The second-order valence-electron chi connectivity index (χ2n) is 15.9. The molecule has 2 heterocycles. The van der Waals surface area contributed by atoms with E-state index >= 15 is 0 Å². The normalized spacial score (nSPS) is 14.9. The molecule has 276 valence electrons. The average Bonchev–Trinajstić information content (AvgIpc) is 3.75. The van der Waals surface area contributed by atoms with Gasteiger partial charge in [-0.25, -0.2) is 0 Å². The topological polar surface area (TPSA) is 3.24 Å². The van der Waals surface area contributed by atoms with E-state index in [1.54, 1.807) is 0 Å². The van der Waals surface area contributed by atoms with Gasteiger partial charge in [-0.3, -0.25) is 0 Å². The highest BCUT2D eigenvalue weighted by Crippen LogP contribution is 2.64. The fourth-order valence-corrected chi connectivity index (χ4v) is 13.4. The molecule has 59 heavy (non-hydrogen) atoms. The summed E-state index contributed by atoms with van der Waals surface area (Å²) < 4.78 is 0. The van der Waals surface area contributed by atoms with E-state index in [1.165, 1.54) is 86.3 Å². The first-order valence-electron chi connectivity index (χ1n) is 20.3. The van der Waals surface area contributed by atoms with Crippen molar-refractivity contribution < 1.29 is 0 Å². The molecule has 0 saturated carbocycles. The van der Waals surface area contributed by atoms with Crippen LogP contribution in [0.4, 0.5) is 17.1 Å². The molecular formula is C56H35NS2. The van der Waals surface area contributed by atoms with Crippen molar-refractivity contribution >= 4 is 40.6 Å². The van der Waals surface area contributed by atoms with Crippen molar-refractivity contribution in [2.24, 2.45) is 0 Å². The number of hydrogen-bond acceptors (Lipinski definition) is 3. The van der Waals surface area contributed by atoms with E-state index in [1.807, 2.05) is 23.5 Å². The summed E-state index contributed by atoms with van der Waals surface area (Å²) in [6.07, 6.45) is 0. The molecule has 0 aromatic heterocycles. The van der Waals surface area contributed by atoms with Crippen LogP contribution in [0.25, 0.3) is 22.3 Å². The lowest BCUT2D eigenvalue weighted by Crippen LogP contribution is -2.32. The van der Waals surface area contributed by atoms with Crippen LogP contribution >= 0.6 is 23.5 Å². The maximum Gasteiger partial charge on any atom is 0.0735 e. The Kier molecular flexibility index (Phi) is 7.08. The van der Waals surface area contributed by atoms with E-state index in [2.05, 4.69) is 217 Å². The maximum atomic E-state index is 2.46. The highest BCUT2D eigenvalue weighted by Gasteiger charge is 2.52. The first-order chi connectivity index (χ1) is 29.3. The van der Waals surface area contributed by atoms with Crippen molar-refractivity contribution in [3.8, 4) is 22.3 Å². The second-order valence-corrected chi connectivity index (χ2v) is 18.1. The van der Waals surface area contributed by atoms with Crippen LogP contribution in [0, 0.1) is 0 Å². The van der Waals surface area contributed by atoms with Crippen LogP contribution < -0.4 is 4.90 Å². The fraction of sp³-hybridized carbons (Fsp3) is 0.0357. The largest absolute Gasteiger partial charge is 0.310 e. The quantitative estimate of drug-likeness (QED) is 0.176. The lowest BCUT2D eigenvalue weighted by Gasteiger charge is -2.40. The zero-order valence-corrected chi connectivity index (χ0v) is 33.6. The first kappa shape index (κ1) is 33.5. The maximum absolute atomic E-state index is 2.46. The Morgan fingerprint density at radius 1 is 0.254 bits per heavy atom. The molecule has 13 rings (SSSR count). The van der Waals surface area contributed by atoms with Crippen LogP contribution in [-0.4, -0.2) is 0 Å². The number of hydrogen-bond donors (Lipinski definition) is 0. The van der Waals surface area contributed by atoms with Crippen LogP contribution in [0.2, 0.25) is 0 Å². The molecule has 4 aliphatic rings. The van der Waals surface area contributed by atoms with Crippen LogP contribution in [-0.2, 0) is 10.8 Å². The van der Waals surface area contributed by atoms with Crippen LogP contribution in [0.3, 0.4) is 0 Å². The van der Waals surface area contributed by atoms with Crippen molar-refractivity contribution in [3.63, 3.8) is 0 Å². The molecule has 2 spiro atoms. The summed E-state index contributed by atoms with van der Waals surface area (Å²) in [5.74, 6) is 0. The third-order valence-electron chi connectivity index (χ3n) is 13.2. The molecule has 0 amide bonds. The molecule has 0 radical (unpaired) electrons. The van der Waals surface area contributed by atoms with Crippen molar-refractivity contribution in [1.29, 1.82) is 0 Å². The minimum Gasteiger partial charge on any atom is -0.310 e. The summed E-state index contributed by atoms with van der Waals surface area (Å²) in [6, 6.07) is 79.7. The van der Waals surface area contributed by atoms with Crippen molar-refractivity contribution in [2.45, 2.75) is 30.4 Å². The average molecular weight is 786 g/mol. The molecule has 2 aliphatic carbocycles. The Labute approximate surface area is 353 Å². The van der Waals surface area contributed by atoms with E-state index in [0.717, 1.165) is 17.1 Å². The minimum absolute atomic E-state index is 0.406. The molecule has 9 aromatic rings. The molecule has 0 atom stereocenters. The number of rotatable bonds is 3. The van der Waals surface area contributed by atoms with Crippen LogP contribution in [0.15, 0.2) is 232 Å². The van der Waals surface area contributed by atoms with Crippen molar-refractivity contribution in [2.75, 3.05) is 4.90 Å². The van der Waals surface area contributed by atoms with Gasteiger partial charge in [0.1, 0.15) is 0 Å². The molecule has 0 bridgehead atoms. The number of benzene rings is 9. The Morgan fingerprint density at radius 2 is 0.576 bits per heavy atom. The minimum atomic E-state index is -0.406. The van der Waals surface area contributed by atoms with Gasteiger partial charge in [0.05, 0.1) is 10.8 Å². The zero-order chi connectivity index (χ0) is 38.7. The Hall–Kier alpha value is -6.52. The van der Waals surface area contributed by atoms with Crippen LogP contribution in [0.1, 0.15) is 44.5 Å². The first-order valence-corrected chi connectivity index (χ1v) is 22.0. The molecule has 0 unspecified atom stereocenters. The number of nitrogens with zero attached hydrogens (tertiary/aromatic N) is 1. The predicted molar refractivity (Wildman–Crippen MR) is 244 cm³/mol. The number of fused-ring (bicyclic) bond motifs is 18. The van der Waals surface area contributed by atoms with Gasteiger partial charge < -0.3 is 4.90 Å². The van der Waals surface area contributed by atoms with Crippen molar-refractivity contribution in [1.82, 2.24) is 0 Å². The molecule has 2 aliphatic heterocycles. The van der Waals surface area contributed by atoms with Gasteiger partial charge in [0.25, 0.3) is 0 Å². The summed E-state index contributed by atoms with van der Waals surface area (Å²) in [6.45, 7) is 0. The zero-order valence-electron chi connectivity index (χ0n) is 32.0. The van der Waals surface area contributed by atoms with Gasteiger partial charge in [-0.1, -0.05) is 175 Å². The molecule has 0 fully saturated rings. The van der Waals surface area contributed by atoms with Gasteiger partial charge in [0.2, 0.25) is 0 Å². The van der Waals surface area contributed by atoms with E-state index in [-0.39, 0.29) is 0 Å². The predicted octanol–water partition coefficient (Wildman–Crippen LogP) is 14.8. The molecule has 1 nitrogen and oxygen atoms in total. The van der Waals surface area contributed by atoms with E-state index in [0.29, 0.717) is 0 Å². The molecule has 0 N–H and O–H groups in total. The number of para-hydroxylation sites is 1. The standard InChI is InChI=1S/C56H35NS2/c1-2-16-36(17-3-1)57(37-30-32-45-41(34-37)39-18-4-6-20-43(39)55(45)47-22-8-12-26-51(47)58-52-27-13-9-23-48(52)55)38-31-33-46-42(35-38)40-19-5-7-21-44(40)56(46)49-24-10-14-28-53(49)59-54-29-15-11-25-50(54)56/h1-35H. The third kappa shape index (κ3) is 4.39.